The van der Waals surface area contributed by atoms with Crippen molar-refractivity contribution in [3.05, 3.63) is 67.1 Å². The number of aryl methyl sites for hydroxylation is 3. The highest BCUT2D eigenvalue weighted by Gasteiger charge is 2.32. The lowest BCUT2D eigenvalue weighted by molar-refractivity contribution is 0.341. The molecule has 0 aromatic heterocycles. The van der Waals surface area contributed by atoms with Gasteiger partial charge in [-0.25, -0.2) is 0 Å². The van der Waals surface area contributed by atoms with E-state index < -0.39 is 0 Å². The van der Waals surface area contributed by atoms with Crippen LogP contribution in [0.5, 0.6) is 0 Å². The monoisotopic (exact) mass is 447 g/mol. The van der Waals surface area contributed by atoms with E-state index in [9.17, 15) is 0 Å². The highest BCUT2D eigenvalue weighted by atomic mass is 79.9. The van der Waals surface area contributed by atoms with E-state index in [0.717, 1.165) is 31.8 Å². The maximum Gasteiger partial charge on any atom is 0.0219 e. The molecule has 2 aromatic rings. The number of piperidine rings is 1. The van der Waals surface area contributed by atoms with E-state index in [0.29, 0.717) is 5.92 Å². The van der Waals surface area contributed by atoms with Gasteiger partial charge in [-0.1, -0.05) is 44.0 Å². The predicted octanol–water partition coefficient (Wildman–Crippen LogP) is 5.75. The van der Waals surface area contributed by atoms with Crippen LogP contribution in [-0.4, -0.2) is 13.1 Å². The SMILES string of the molecule is Cc1cc(Br)c2c(c1)CCc1cc(Br)ccc1C2C1CCNCC1. The molecular formula is C21H23Br2N. The van der Waals surface area contributed by atoms with Crippen molar-refractivity contribution in [2.45, 2.75) is 38.5 Å². The largest absolute Gasteiger partial charge is 0.317 e. The number of hydrogen-bond acceptors (Lipinski definition) is 1. The molecule has 0 amide bonds. The Hall–Kier alpha value is -0.640. The fraction of sp³-hybridized carbons (Fsp3) is 0.429. The average Bonchev–Trinajstić information content (AvgIpc) is 2.72. The molecule has 24 heavy (non-hydrogen) atoms. The van der Waals surface area contributed by atoms with Gasteiger partial charge in [0, 0.05) is 14.9 Å². The van der Waals surface area contributed by atoms with Gasteiger partial charge in [-0.05, 0) is 97.6 Å². The van der Waals surface area contributed by atoms with Gasteiger partial charge in [0.1, 0.15) is 0 Å². The van der Waals surface area contributed by atoms with E-state index in [1.165, 1.54) is 38.5 Å². The Morgan fingerprint density at radius 2 is 1.71 bits per heavy atom. The van der Waals surface area contributed by atoms with Crippen LogP contribution in [-0.2, 0) is 12.8 Å². The predicted molar refractivity (Wildman–Crippen MR) is 108 cm³/mol. The first-order valence-electron chi connectivity index (χ1n) is 8.91. The lowest BCUT2D eigenvalue weighted by atomic mass is 9.75. The van der Waals surface area contributed by atoms with Crippen molar-refractivity contribution in [2.75, 3.05) is 13.1 Å². The third-order valence-corrected chi connectivity index (χ3v) is 6.78. The lowest BCUT2D eigenvalue weighted by Crippen LogP contribution is -2.31. The quantitative estimate of drug-likeness (QED) is 0.585. The second kappa shape index (κ2) is 6.93. The van der Waals surface area contributed by atoms with E-state index in [4.69, 9.17) is 0 Å². The van der Waals surface area contributed by atoms with Gasteiger partial charge >= 0.3 is 0 Å². The highest BCUT2D eigenvalue weighted by molar-refractivity contribution is 9.10. The maximum absolute atomic E-state index is 3.92. The van der Waals surface area contributed by atoms with E-state index in [1.54, 1.807) is 11.1 Å². The lowest BCUT2D eigenvalue weighted by Gasteiger charge is -2.33. The summed E-state index contributed by atoms with van der Waals surface area (Å²) < 4.78 is 2.50. The molecule has 1 aliphatic heterocycles. The Bertz CT molecular complexity index is 763. The van der Waals surface area contributed by atoms with Gasteiger partial charge in [0.25, 0.3) is 0 Å². The summed E-state index contributed by atoms with van der Waals surface area (Å²) in [6, 6.07) is 11.6. The van der Waals surface area contributed by atoms with Crippen molar-refractivity contribution in [3.8, 4) is 0 Å². The van der Waals surface area contributed by atoms with E-state index in [-0.39, 0.29) is 0 Å². The molecule has 1 atom stereocenters. The summed E-state index contributed by atoms with van der Waals surface area (Å²) in [5.74, 6) is 1.24. The molecule has 1 N–H and O–H groups in total. The molecule has 1 aliphatic carbocycles. The second-order valence-electron chi connectivity index (χ2n) is 7.23. The molecule has 0 bridgehead atoms. The summed E-state index contributed by atoms with van der Waals surface area (Å²) in [4.78, 5) is 0. The smallest absolute Gasteiger partial charge is 0.0219 e. The number of rotatable bonds is 1. The summed E-state index contributed by atoms with van der Waals surface area (Å²) in [6.45, 7) is 4.50. The van der Waals surface area contributed by atoms with Crippen LogP contribution in [0.2, 0.25) is 0 Å². The van der Waals surface area contributed by atoms with Crippen molar-refractivity contribution in [1.29, 1.82) is 0 Å². The Kier molecular flexibility index (Phi) is 4.86. The molecule has 126 valence electrons. The first-order chi connectivity index (χ1) is 11.6. The normalized spacial score (nSPS) is 21.0. The van der Waals surface area contributed by atoms with Crippen molar-refractivity contribution in [1.82, 2.24) is 5.32 Å². The number of fused-ring (bicyclic) bond motifs is 2. The first-order valence-corrected chi connectivity index (χ1v) is 10.5. The molecule has 0 spiro atoms. The topological polar surface area (TPSA) is 12.0 Å². The van der Waals surface area contributed by atoms with Crippen LogP contribution in [0.25, 0.3) is 0 Å². The fourth-order valence-corrected chi connectivity index (χ4v) is 5.84. The van der Waals surface area contributed by atoms with E-state index >= 15 is 0 Å². The molecule has 1 unspecified atom stereocenters. The van der Waals surface area contributed by atoms with E-state index in [1.807, 2.05) is 0 Å². The van der Waals surface area contributed by atoms with E-state index in [2.05, 4.69) is 74.4 Å². The Balaban J connectivity index is 1.91. The molecule has 2 aromatic carbocycles. The van der Waals surface area contributed by atoms with Gasteiger partial charge in [0.05, 0.1) is 0 Å². The molecule has 0 saturated carbocycles. The molecule has 4 rings (SSSR count). The van der Waals surface area contributed by atoms with Crippen LogP contribution in [0, 0.1) is 12.8 Å². The fourth-order valence-electron chi connectivity index (χ4n) is 4.57. The minimum absolute atomic E-state index is 0.516. The van der Waals surface area contributed by atoms with Crippen LogP contribution in [0.1, 0.15) is 46.6 Å². The third kappa shape index (κ3) is 3.11. The average molecular weight is 449 g/mol. The standard InChI is InChI=1S/C21H23Br2N/c1-13-10-16-3-2-15-12-17(22)4-5-18(15)20(21(16)19(23)11-13)14-6-8-24-9-7-14/h4-5,10-12,14,20,24H,2-3,6-9H2,1H3. The summed E-state index contributed by atoms with van der Waals surface area (Å²) >= 11 is 7.59. The zero-order valence-electron chi connectivity index (χ0n) is 14.0. The summed E-state index contributed by atoms with van der Waals surface area (Å²) in [5.41, 5.74) is 7.52. The number of halogens is 2. The molecule has 2 aliphatic rings. The van der Waals surface area contributed by atoms with Crippen molar-refractivity contribution in [2.24, 2.45) is 5.92 Å². The van der Waals surface area contributed by atoms with Crippen LogP contribution in [0.4, 0.5) is 0 Å². The molecule has 1 fully saturated rings. The van der Waals surface area contributed by atoms with Gasteiger partial charge in [0.15, 0.2) is 0 Å². The molecule has 0 radical (unpaired) electrons. The van der Waals surface area contributed by atoms with Crippen LogP contribution < -0.4 is 5.32 Å². The molecule has 3 heteroatoms. The summed E-state index contributed by atoms with van der Waals surface area (Å²) in [5, 5.41) is 3.53. The van der Waals surface area contributed by atoms with Crippen molar-refractivity contribution in [3.63, 3.8) is 0 Å². The zero-order chi connectivity index (χ0) is 16.7. The maximum atomic E-state index is 3.92. The molecule has 1 nitrogen and oxygen atoms in total. The Labute approximate surface area is 161 Å². The van der Waals surface area contributed by atoms with Crippen molar-refractivity contribution >= 4 is 31.9 Å². The van der Waals surface area contributed by atoms with Crippen LogP contribution in [0.3, 0.4) is 0 Å². The summed E-state index contributed by atoms with van der Waals surface area (Å²) in [7, 11) is 0. The minimum Gasteiger partial charge on any atom is -0.317 e. The second-order valence-corrected chi connectivity index (χ2v) is 9.00. The van der Waals surface area contributed by atoms with Gasteiger partial charge in [-0.15, -0.1) is 0 Å². The van der Waals surface area contributed by atoms with Gasteiger partial charge in [-0.3, -0.25) is 0 Å². The molecule has 1 saturated heterocycles. The Morgan fingerprint density at radius 3 is 2.50 bits per heavy atom. The third-order valence-electron chi connectivity index (χ3n) is 5.63. The minimum atomic E-state index is 0.516. The van der Waals surface area contributed by atoms with Crippen LogP contribution >= 0.6 is 31.9 Å². The molecule has 1 heterocycles. The number of hydrogen-bond donors (Lipinski definition) is 1. The Morgan fingerprint density at radius 1 is 0.958 bits per heavy atom. The number of nitrogens with one attached hydrogen (secondary N) is 1. The van der Waals surface area contributed by atoms with Crippen LogP contribution in [0.15, 0.2) is 39.3 Å². The summed E-state index contributed by atoms with van der Waals surface area (Å²) in [6.07, 6.45) is 4.81. The van der Waals surface area contributed by atoms with Crippen molar-refractivity contribution < 1.29 is 0 Å². The van der Waals surface area contributed by atoms with Gasteiger partial charge in [-0.2, -0.15) is 0 Å². The highest BCUT2D eigenvalue weighted by Crippen LogP contribution is 2.45. The zero-order valence-corrected chi connectivity index (χ0v) is 17.2. The number of benzene rings is 2. The van der Waals surface area contributed by atoms with Gasteiger partial charge < -0.3 is 5.32 Å². The first kappa shape index (κ1) is 16.8. The van der Waals surface area contributed by atoms with Gasteiger partial charge in [0.2, 0.25) is 0 Å². The molecular weight excluding hydrogens is 426 g/mol.